The number of pyridine rings is 1. The van der Waals surface area contributed by atoms with E-state index in [1.807, 2.05) is 30.5 Å². The van der Waals surface area contributed by atoms with E-state index < -0.39 is 0 Å². The Hall–Kier alpha value is -2.57. The van der Waals surface area contributed by atoms with Crippen molar-refractivity contribution in [2.75, 3.05) is 33.3 Å². The van der Waals surface area contributed by atoms with Gasteiger partial charge in [-0.1, -0.05) is 39.8 Å². The summed E-state index contributed by atoms with van der Waals surface area (Å²) >= 11 is 0. The van der Waals surface area contributed by atoms with Gasteiger partial charge in [-0.25, -0.2) is 4.98 Å². The molecule has 1 fully saturated rings. The number of ether oxygens (including phenoxy) is 1. The van der Waals surface area contributed by atoms with Crippen LogP contribution in [-0.4, -0.2) is 64.4 Å². The minimum atomic E-state index is 0. The lowest BCUT2D eigenvalue weighted by molar-refractivity contribution is 0.0740. The van der Waals surface area contributed by atoms with Gasteiger partial charge in [-0.05, 0) is 94.6 Å². The van der Waals surface area contributed by atoms with Crippen molar-refractivity contribution in [1.29, 1.82) is 0 Å². The number of likely N-dealkylation sites (tertiary alicyclic amines) is 1. The normalized spacial score (nSPS) is 14.6. The Morgan fingerprint density at radius 3 is 2.27 bits per heavy atom. The van der Waals surface area contributed by atoms with E-state index in [1.165, 1.54) is 25.9 Å². The highest BCUT2D eigenvalue weighted by Crippen LogP contribution is 2.30. The minimum absolute atomic E-state index is 0. The lowest BCUT2D eigenvalue weighted by Gasteiger charge is -2.25. The van der Waals surface area contributed by atoms with Crippen LogP contribution in [0, 0.1) is 11.8 Å². The summed E-state index contributed by atoms with van der Waals surface area (Å²) in [4.78, 5) is 23.5. The number of imidazole rings is 1. The second-order valence-corrected chi connectivity index (χ2v) is 12.1. The second kappa shape index (κ2) is 14.9. The summed E-state index contributed by atoms with van der Waals surface area (Å²) in [6.07, 6.45) is 8.59. The maximum Gasteiger partial charge on any atom is 0.255 e. The van der Waals surface area contributed by atoms with Crippen LogP contribution in [0.4, 0.5) is 0 Å². The summed E-state index contributed by atoms with van der Waals surface area (Å²) in [5.41, 5.74) is 4.80. The predicted molar refractivity (Wildman–Crippen MR) is 168 cm³/mol. The molecule has 6 nitrogen and oxygen atoms in total. The molecule has 0 spiro atoms. The van der Waals surface area contributed by atoms with E-state index in [1.54, 1.807) is 7.11 Å². The zero-order valence-electron chi connectivity index (χ0n) is 25.4. The fraction of sp³-hybridized carbons (Fsp3) is 0.576. The number of rotatable bonds is 13. The average Bonchev–Trinajstić information content (AvgIpc) is 3.59. The number of amides is 1. The van der Waals surface area contributed by atoms with Crippen LogP contribution in [0.2, 0.25) is 0 Å². The van der Waals surface area contributed by atoms with Gasteiger partial charge in [0.15, 0.2) is 0 Å². The summed E-state index contributed by atoms with van der Waals surface area (Å²) in [7, 11) is 1.70. The highest BCUT2D eigenvalue weighted by atomic mass is 35.5. The predicted octanol–water partition coefficient (Wildman–Crippen LogP) is 7.38. The smallest absolute Gasteiger partial charge is 0.255 e. The zero-order chi connectivity index (χ0) is 27.9. The molecule has 0 saturated carbocycles. The molecule has 0 N–H and O–H groups in total. The number of aromatic nitrogens is 2. The maximum absolute atomic E-state index is 13.8. The van der Waals surface area contributed by atoms with Gasteiger partial charge in [0.1, 0.15) is 11.4 Å². The van der Waals surface area contributed by atoms with Crippen LogP contribution in [0.15, 0.2) is 42.6 Å². The Labute approximate surface area is 247 Å². The van der Waals surface area contributed by atoms with E-state index in [4.69, 9.17) is 9.72 Å². The Morgan fingerprint density at radius 1 is 0.975 bits per heavy atom. The Balaban J connectivity index is 0.00000441. The van der Waals surface area contributed by atoms with Gasteiger partial charge >= 0.3 is 0 Å². The largest absolute Gasteiger partial charge is 0.497 e. The van der Waals surface area contributed by atoms with Crippen LogP contribution in [0.3, 0.4) is 0 Å². The third-order valence-electron chi connectivity index (χ3n) is 8.11. The number of carbonyl (C=O) groups is 1. The fourth-order valence-electron chi connectivity index (χ4n) is 5.50. The topological polar surface area (TPSA) is 50.1 Å². The van der Waals surface area contributed by atoms with Gasteiger partial charge in [-0.2, -0.15) is 0 Å². The molecule has 1 aliphatic heterocycles. The van der Waals surface area contributed by atoms with Crippen LogP contribution >= 0.6 is 12.4 Å². The van der Waals surface area contributed by atoms with Crippen LogP contribution < -0.4 is 4.74 Å². The molecule has 7 heteroatoms. The zero-order valence-corrected chi connectivity index (χ0v) is 26.2. The van der Waals surface area contributed by atoms with Crippen LogP contribution in [0.25, 0.3) is 16.9 Å². The third kappa shape index (κ3) is 8.01. The highest BCUT2D eigenvalue weighted by molar-refractivity contribution is 5.94. The maximum atomic E-state index is 13.8. The fourth-order valence-corrected chi connectivity index (χ4v) is 5.50. The lowest BCUT2D eigenvalue weighted by Crippen LogP contribution is -2.34. The van der Waals surface area contributed by atoms with Crippen LogP contribution in [-0.2, 0) is 6.42 Å². The van der Waals surface area contributed by atoms with E-state index in [2.05, 4.69) is 61.0 Å². The molecule has 0 bridgehead atoms. The summed E-state index contributed by atoms with van der Waals surface area (Å²) in [6, 6.07) is 12.6. The van der Waals surface area contributed by atoms with Crippen molar-refractivity contribution in [2.24, 2.45) is 11.8 Å². The molecule has 0 radical (unpaired) electrons. The number of carbonyl (C=O) groups excluding carboxylic acids is 1. The van der Waals surface area contributed by atoms with E-state index in [0.29, 0.717) is 17.9 Å². The van der Waals surface area contributed by atoms with Crippen molar-refractivity contribution >= 4 is 24.0 Å². The van der Waals surface area contributed by atoms with Crippen LogP contribution in [0.1, 0.15) is 82.8 Å². The first-order valence-electron chi connectivity index (χ1n) is 15.0. The molecular formula is C33H49ClN4O2. The van der Waals surface area contributed by atoms with Gasteiger partial charge < -0.3 is 18.9 Å². The lowest BCUT2D eigenvalue weighted by atomic mass is 10.0. The van der Waals surface area contributed by atoms with Crippen molar-refractivity contribution in [3.05, 3.63) is 53.9 Å². The number of methoxy groups -OCH3 is 1. The number of aryl methyl sites for hydroxylation is 1. The van der Waals surface area contributed by atoms with Gasteiger partial charge in [0, 0.05) is 30.9 Å². The monoisotopic (exact) mass is 568 g/mol. The summed E-state index contributed by atoms with van der Waals surface area (Å²) in [5.74, 6) is 2.06. The molecule has 3 aromatic rings. The number of hydrogen-bond acceptors (Lipinski definition) is 4. The molecule has 4 rings (SSSR count). The molecule has 1 aliphatic rings. The van der Waals surface area contributed by atoms with Crippen molar-refractivity contribution in [2.45, 2.75) is 79.2 Å². The average molecular weight is 569 g/mol. The van der Waals surface area contributed by atoms with Gasteiger partial charge in [0.25, 0.3) is 5.91 Å². The first kappa shape index (κ1) is 32.0. The molecule has 2 aromatic heterocycles. The van der Waals surface area contributed by atoms with Crippen molar-refractivity contribution in [3.8, 4) is 17.0 Å². The molecule has 3 heterocycles. The molecule has 1 unspecified atom stereocenters. The van der Waals surface area contributed by atoms with Crippen molar-refractivity contribution in [3.63, 3.8) is 0 Å². The highest BCUT2D eigenvalue weighted by Gasteiger charge is 2.22. The molecule has 1 aromatic carbocycles. The second-order valence-electron chi connectivity index (χ2n) is 12.1. The van der Waals surface area contributed by atoms with Crippen LogP contribution in [0.5, 0.6) is 5.75 Å². The number of benzene rings is 1. The quantitative estimate of drug-likeness (QED) is 0.216. The molecule has 40 heavy (non-hydrogen) atoms. The number of nitrogens with zero attached hydrogens (tertiary/aromatic N) is 4. The van der Waals surface area contributed by atoms with Gasteiger partial charge in [0.2, 0.25) is 0 Å². The Kier molecular flexibility index (Phi) is 11.9. The molecule has 220 valence electrons. The van der Waals surface area contributed by atoms with E-state index in [9.17, 15) is 4.79 Å². The van der Waals surface area contributed by atoms with Gasteiger partial charge in [0.05, 0.1) is 24.1 Å². The van der Waals surface area contributed by atoms with E-state index in [0.717, 1.165) is 72.7 Å². The first-order chi connectivity index (χ1) is 18.8. The number of halogens is 1. The summed E-state index contributed by atoms with van der Waals surface area (Å²) in [6.45, 7) is 15.2. The number of fused-ring (bicyclic) bond motifs is 1. The summed E-state index contributed by atoms with van der Waals surface area (Å²) < 4.78 is 7.69. The third-order valence-corrected chi connectivity index (χ3v) is 8.11. The first-order valence-corrected chi connectivity index (χ1v) is 15.0. The molecule has 0 aliphatic carbocycles. The standard InChI is InChI=1S/C33H48N4O2.ClH/c1-24(2)16-20-36(21-17-25(3)4)33(38)28-13-15-31-34-32(27-10-9-11-29(22-27)39-6)30(37(31)23-28)14-12-26(5)35-18-7-8-19-35;/h9-11,13,15,22-26H,7-8,12,14,16-21H2,1-6H3;1H. The molecular weight excluding hydrogens is 520 g/mol. The Bertz CT molecular complexity index is 1220. The van der Waals surface area contributed by atoms with E-state index in [-0.39, 0.29) is 18.3 Å². The minimum Gasteiger partial charge on any atom is -0.497 e. The number of hydrogen-bond donors (Lipinski definition) is 0. The van der Waals surface area contributed by atoms with Crippen molar-refractivity contribution in [1.82, 2.24) is 19.2 Å². The van der Waals surface area contributed by atoms with Crippen molar-refractivity contribution < 1.29 is 9.53 Å². The molecule has 1 atom stereocenters. The molecule has 1 amide bonds. The Morgan fingerprint density at radius 2 is 1.65 bits per heavy atom. The van der Waals surface area contributed by atoms with Gasteiger partial charge in [-0.3, -0.25) is 4.79 Å². The molecule has 1 saturated heterocycles. The van der Waals surface area contributed by atoms with E-state index >= 15 is 0 Å². The summed E-state index contributed by atoms with van der Waals surface area (Å²) in [5, 5.41) is 0. The van der Waals surface area contributed by atoms with Gasteiger partial charge in [-0.15, -0.1) is 12.4 Å². The SMILES string of the molecule is COc1cccc(-c2nc3ccc(C(=O)N(CCC(C)C)CCC(C)C)cn3c2CCC(C)N2CCCC2)c1.Cl.